The van der Waals surface area contributed by atoms with Gasteiger partial charge in [0.2, 0.25) is 0 Å². The smallest absolute Gasteiger partial charge is 0.335 e. The molecule has 1 fully saturated rings. The second-order valence-corrected chi connectivity index (χ2v) is 8.92. The lowest BCUT2D eigenvalue weighted by Gasteiger charge is -2.12. The molecule has 0 spiro atoms. The van der Waals surface area contributed by atoms with Gasteiger partial charge in [0.1, 0.15) is 11.5 Å². The molecule has 1 aliphatic rings. The van der Waals surface area contributed by atoms with Crippen LogP contribution in [-0.4, -0.2) is 38.2 Å². The van der Waals surface area contributed by atoms with Crippen molar-refractivity contribution in [3.05, 3.63) is 86.4 Å². The van der Waals surface area contributed by atoms with E-state index < -0.39 is 23.1 Å². The summed E-state index contributed by atoms with van der Waals surface area (Å²) in [6.45, 7) is 0.130. The van der Waals surface area contributed by atoms with Gasteiger partial charge in [-0.1, -0.05) is 28.1 Å². The van der Waals surface area contributed by atoms with Crippen LogP contribution in [0.15, 0.2) is 68.4 Å². The average molecular weight is 528 g/mol. The molecular formula is C23H14BrNO7S. The molecule has 2 N–H and O–H groups in total. The summed E-state index contributed by atoms with van der Waals surface area (Å²) in [5, 5.41) is 18.1. The third kappa shape index (κ3) is 4.91. The summed E-state index contributed by atoms with van der Waals surface area (Å²) in [7, 11) is 0. The van der Waals surface area contributed by atoms with Gasteiger partial charge in [-0.3, -0.25) is 14.5 Å². The topological polar surface area (TPSA) is 125 Å². The summed E-state index contributed by atoms with van der Waals surface area (Å²) in [4.78, 5) is 49.1. The Labute approximate surface area is 199 Å². The van der Waals surface area contributed by atoms with Gasteiger partial charge in [0.15, 0.2) is 0 Å². The second kappa shape index (κ2) is 9.08. The van der Waals surface area contributed by atoms with E-state index in [-0.39, 0.29) is 39.7 Å². The molecule has 0 unspecified atom stereocenters. The molecule has 4 rings (SSSR count). The number of carboxylic acids is 2. The monoisotopic (exact) mass is 527 g/mol. The van der Waals surface area contributed by atoms with Crippen molar-refractivity contribution < 1.29 is 33.8 Å². The van der Waals surface area contributed by atoms with Crippen LogP contribution in [0.5, 0.6) is 0 Å². The molecule has 166 valence electrons. The molecule has 2 amide bonds. The molecule has 2 aromatic carbocycles. The third-order valence-electron chi connectivity index (χ3n) is 4.71. The van der Waals surface area contributed by atoms with Crippen LogP contribution < -0.4 is 0 Å². The highest BCUT2D eigenvalue weighted by molar-refractivity contribution is 9.10. The van der Waals surface area contributed by atoms with E-state index in [0.717, 1.165) is 32.8 Å². The van der Waals surface area contributed by atoms with Crippen LogP contribution in [0.4, 0.5) is 4.79 Å². The SMILES string of the molecule is O=C(O)c1cc(C(=O)O)cc(-c2ccc(/C=C3/SC(=O)N(Cc4cccc(Br)c4)C3=O)o2)c1. The summed E-state index contributed by atoms with van der Waals surface area (Å²) < 4.78 is 6.53. The van der Waals surface area contributed by atoms with E-state index in [4.69, 9.17) is 4.42 Å². The van der Waals surface area contributed by atoms with Crippen LogP contribution in [0.25, 0.3) is 17.4 Å². The van der Waals surface area contributed by atoms with E-state index in [1.807, 2.05) is 24.3 Å². The van der Waals surface area contributed by atoms with Gasteiger partial charge < -0.3 is 14.6 Å². The van der Waals surface area contributed by atoms with Crippen molar-refractivity contribution in [3.8, 4) is 11.3 Å². The number of amides is 2. The number of nitrogens with zero attached hydrogens (tertiary/aromatic N) is 1. The van der Waals surface area contributed by atoms with Crippen molar-refractivity contribution in [2.75, 3.05) is 0 Å². The maximum Gasteiger partial charge on any atom is 0.335 e. The summed E-state index contributed by atoms with van der Waals surface area (Å²) in [6, 6.07) is 14.0. The molecule has 1 aromatic heterocycles. The number of aromatic carboxylic acids is 2. The number of hydrogen-bond donors (Lipinski definition) is 2. The van der Waals surface area contributed by atoms with Crippen molar-refractivity contribution in [2.45, 2.75) is 6.54 Å². The lowest BCUT2D eigenvalue weighted by molar-refractivity contribution is -0.123. The predicted molar refractivity (Wildman–Crippen MR) is 124 cm³/mol. The fourth-order valence-electron chi connectivity index (χ4n) is 3.19. The first-order valence-electron chi connectivity index (χ1n) is 9.43. The standard InChI is InChI=1S/C23H14BrNO7S/c24-16-3-1-2-12(6-16)11-25-20(26)19(33-23(25)31)10-17-4-5-18(32-17)13-7-14(21(27)28)9-15(8-13)22(29)30/h1-10H,11H2,(H,27,28)(H,29,30)/b19-10+. The van der Waals surface area contributed by atoms with E-state index in [1.165, 1.54) is 24.3 Å². The van der Waals surface area contributed by atoms with Crippen LogP contribution in [-0.2, 0) is 11.3 Å². The maximum atomic E-state index is 12.8. The number of benzene rings is 2. The molecule has 8 nitrogen and oxygen atoms in total. The molecule has 0 atom stereocenters. The minimum Gasteiger partial charge on any atom is -0.478 e. The minimum atomic E-state index is -1.27. The van der Waals surface area contributed by atoms with Crippen LogP contribution in [0.2, 0.25) is 0 Å². The quantitative estimate of drug-likeness (QED) is 0.411. The van der Waals surface area contributed by atoms with E-state index >= 15 is 0 Å². The zero-order chi connectivity index (χ0) is 23.7. The van der Waals surface area contributed by atoms with Crippen molar-refractivity contribution in [1.29, 1.82) is 0 Å². The molecule has 2 heterocycles. The van der Waals surface area contributed by atoms with Gasteiger partial charge in [0.05, 0.1) is 22.6 Å². The fraction of sp³-hybridized carbons (Fsp3) is 0.0435. The normalized spacial score (nSPS) is 14.8. The molecule has 33 heavy (non-hydrogen) atoms. The molecule has 0 saturated carbocycles. The number of imide groups is 1. The lowest BCUT2D eigenvalue weighted by Crippen LogP contribution is -2.27. The van der Waals surface area contributed by atoms with Gasteiger partial charge in [-0.2, -0.15) is 0 Å². The zero-order valence-electron chi connectivity index (χ0n) is 16.6. The summed E-state index contributed by atoms with van der Waals surface area (Å²) in [5.74, 6) is -2.52. The van der Waals surface area contributed by atoms with E-state index in [1.54, 1.807) is 6.07 Å². The third-order valence-corrected chi connectivity index (χ3v) is 6.12. The first-order valence-corrected chi connectivity index (χ1v) is 11.0. The molecule has 0 aliphatic carbocycles. The van der Waals surface area contributed by atoms with Gasteiger partial charge in [-0.25, -0.2) is 9.59 Å². The van der Waals surface area contributed by atoms with Crippen LogP contribution in [0.3, 0.4) is 0 Å². The highest BCUT2D eigenvalue weighted by Gasteiger charge is 2.35. The Kier molecular flexibility index (Phi) is 6.21. The summed E-state index contributed by atoms with van der Waals surface area (Å²) in [5.41, 5.74) is 0.656. The van der Waals surface area contributed by atoms with E-state index in [2.05, 4.69) is 15.9 Å². The summed E-state index contributed by atoms with van der Waals surface area (Å²) in [6.07, 6.45) is 1.43. The number of carbonyl (C=O) groups excluding carboxylic acids is 2. The van der Waals surface area contributed by atoms with Crippen molar-refractivity contribution in [2.24, 2.45) is 0 Å². The predicted octanol–water partition coefficient (Wildman–Crippen LogP) is 5.34. The average Bonchev–Trinajstić information content (AvgIpc) is 3.34. The highest BCUT2D eigenvalue weighted by Crippen LogP contribution is 2.34. The minimum absolute atomic E-state index is 0.130. The molecule has 0 radical (unpaired) electrons. The number of rotatable bonds is 6. The summed E-state index contributed by atoms with van der Waals surface area (Å²) >= 11 is 4.15. The molecule has 3 aromatic rings. The Morgan fingerprint density at radius 1 is 1.00 bits per heavy atom. The first kappa shape index (κ1) is 22.6. The Hall–Kier alpha value is -3.63. The van der Waals surface area contributed by atoms with Gasteiger partial charge in [0.25, 0.3) is 11.1 Å². The fourth-order valence-corrected chi connectivity index (χ4v) is 4.45. The van der Waals surface area contributed by atoms with E-state index in [9.17, 15) is 29.4 Å². The van der Waals surface area contributed by atoms with Crippen molar-refractivity contribution >= 4 is 56.9 Å². The molecule has 1 aliphatic heterocycles. The molecule has 1 saturated heterocycles. The Balaban J connectivity index is 1.59. The van der Waals surface area contributed by atoms with Crippen LogP contribution in [0, 0.1) is 0 Å². The van der Waals surface area contributed by atoms with Crippen LogP contribution in [0.1, 0.15) is 32.0 Å². The largest absolute Gasteiger partial charge is 0.478 e. The van der Waals surface area contributed by atoms with Gasteiger partial charge in [-0.15, -0.1) is 0 Å². The molecule has 10 heteroatoms. The Morgan fingerprint density at radius 2 is 1.70 bits per heavy atom. The van der Waals surface area contributed by atoms with Gasteiger partial charge >= 0.3 is 11.9 Å². The highest BCUT2D eigenvalue weighted by atomic mass is 79.9. The van der Waals surface area contributed by atoms with Crippen molar-refractivity contribution in [3.63, 3.8) is 0 Å². The van der Waals surface area contributed by atoms with Gasteiger partial charge in [-0.05, 0) is 59.8 Å². The molecule has 0 bridgehead atoms. The number of furan rings is 1. The molecular weight excluding hydrogens is 514 g/mol. The van der Waals surface area contributed by atoms with Crippen molar-refractivity contribution in [1.82, 2.24) is 4.90 Å². The number of carbonyl (C=O) groups is 4. The Bertz CT molecular complexity index is 1310. The lowest BCUT2D eigenvalue weighted by atomic mass is 10.0. The number of thioether (sulfide) groups is 1. The number of carboxylic acid groups (broad SMARTS) is 2. The number of halogens is 1. The Morgan fingerprint density at radius 3 is 2.33 bits per heavy atom. The zero-order valence-corrected chi connectivity index (χ0v) is 19.1. The second-order valence-electron chi connectivity index (χ2n) is 7.01. The maximum absolute atomic E-state index is 12.8. The van der Waals surface area contributed by atoms with Crippen LogP contribution >= 0.6 is 27.7 Å². The van der Waals surface area contributed by atoms with E-state index in [0.29, 0.717) is 0 Å². The number of hydrogen-bond acceptors (Lipinski definition) is 6. The first-order chi connectivity index (χ1) is 15.7. The van der Waals surface area contributed by atoms with Gasteiger partial charge in [0, 0.05) is 16.1 Å².